The first-order valence-corrected chi connectivity index (χ1v) is 15.4. The summed E-state index contributed by atoms with van der Waals surface area (Å²) in [5.74, 6) is 0.781. The Hall–Kier alpha value is -4.02. The number of H-pyrrole nitrogens is 1. The summed E-state index contributed by atoms with van der Waals surface area (Å²) in [7, 11) is 2.19. The van der Waals surface area contributed by atoms with Crippen LogP contribution in [0.2, 0.25) is 0 Å². The molecule has 5 aromatic rings. The van der Waals surface area contributed by atoms with Crippen molar-refractivity contribution in [1.82, 2.24) is 39.6 Å². The Kier molecular flexibility index (Phi) is 6.52. The topological polar surface area (TPSA) is 85.2 Å². The summed E-state index contributed by atoms with van der Waals surface area (Å²) in [5.41, 5.74) is 8.32. The van der Waals surface area contributed by atoms with Gasteiger partial charge in [-0.2, -0.15) is 4.79 Å². The van der Waals surface area contributed by atoms with Gasteiger partial charge in [0.1, 0.15) is 5.69 Å². The van der Waals surface area contributed by atoms with Crippen LogP contribution in [-0.2, 0) is 6.54 Å². The van der Waals surface area contributed by atoms with Gasteiger partial charge in [0.2, 0.25) is 0 Å². The molecular weight excluding hydrogens is 524 g/mol. The van der Waals surface area contributed by atoms with E-state index in [-0.39, 0.29) is 0 Å². The molecule has 3 fully saturated rings. The first-order valence-electron chi connectivity index (χ1n) is 15.4. The molecule has 0 unspecified atom stereocenters. The van der Waals surface area contributed by atoms with Crippen LogP contribution in [0.5, 0.6) is 0 Å². The van der Waals surface area contributed by atoms with Crippen LogP contribution < -0.4 is 9.91 Å². The summed E-state index contributed by atoms with van der Waals surface area (Å²) < 4.78 is 0. The predicted octanol–water partition coefficient (Wildman–Crippen LogP) is 4.12. The highest BCUT2D eigenvalue weighted by molar-refractivity contribution is 5.94. The third-order valence-corrected chi connectivity index (χ3v) is 9.15. The maximum atomic E-state index is 5.13. The standard InChI is InChI=1S/C32H38N10/c1-38-12-14-40(15-13-38)26-6-7-28-29(18-26)36-31(35-28)30-27-17-25(21-34-32(27)42(37-30)41-10-4-5-11-41)24-16-23(19-33-20-24)22-39-8-2-3-9-39/h6-7,16-21H,2-5,8-15,22H2,1H3,(H,35,36). The van der Waals surface area contributed by atoms with Crippen LogP contribution in [0.15, 0.2) is 48.9 Å². The number of fused-ring (bicyclic) bond motifs is 2. The number of pyridine rings is 2. The van der Waals surface area contributed by atoms with E-state index in [0.29, 0.717) is 0 Å². The molecule has 10 nitrogen and oxygen atoms in total. The molecule has 0 atom stereocenters. The molecule has 0 radical (unpaired) electrons. The molecule has 1 N–H and O–H groups in total. The van der Waals surface area contributed by atoms with Crippen LogP contribution in [0, 0.1) is 0 Å². The minimum atomic E-state index is 0.781. The fourth-order valence-corrected chi connectivity index (χ4v) is 6.71. The van der Waals surface area contributed by atoms with Gasteiger partial charge in [-0.3, -0.25) is 14.9 Å². The molecule has 0 aliphatic carbocycles. The third-order valence-electron chi connectivity index (χ3n) is 9.15. The van der Waals surface area contributed by atoms with Crippen molar-refractivity contribution in [2.24, 2.45) is 0 Å². The van der Waals surface area contributed by atoms with Gasteiger partial charge in [0.05, 0.1) is 16.4 Å². The second kappa shape index (κ2) is 10.7. The van der Waals surface area contributed by atoms with Crippen LogP contribution in [0.25, 0.3) is 44.7 Å². The maximum Gasteiger partial charge on any atom is 0.181 e. The lowest BCUT2D eigenvalue weighted by Gasteiger charge is -2.34. The zero-order valence-electron chi connectivity index (χ0n) is 24.3. The number of piperazine rings is 1. The van der Waals surface area contributed by atoms with Crippen LogP contribution in [0.3, 0.4) is 0 Å². The zero-order chi connectivity index (χ0) is 28.0. The number of aromatic nitrogens is 6. The first kappa shape index (κ1) is 25.7. The van der Waals surface area contributed by atoms with Gasteiger partial charge in [-0.15, -0.1) is 5.10 Å². The molecule has 0 saturated carbocycles. The predicted molar refractivity (Wildman–Crippen MR) is 167 cm³/mol. The lowest BCUT2D eigenvalue weighted by molar-refractivity contribution is 0.313. The van der Waals surface area contributed by atoms with Crippen LogP contribution in [0.4, 0.5) is 5.69 Å². The SMILES string of the molecule is CN1CCN(c2ccc3nc(-c4nn(N5CCCC5)c5ncc(-c6cncc(CN7CCCC7)c6)cc45)[nH]c3c2)CC1. The number of imidazole rings is 1. The Labute approximate surface area is 245 Å². The highest BCUT2D eigenvalue weighted by Gasteiger charge is 2.23. The van der Waals surface area contributed by atoms with Crippen molar-refractivity contribution in [3.05, 3.63) is 54.5 Å². The molecule has 4 aromatic heterocycles. The number of aromatic amines is 1. The molecule has 42 heavy (non-hydrogen) atoms. The van der Waals surface area contributed by atoms with E-state index in [2.05, 4.69) is 67.1 Å². The molecule has 3 saturated heterocycles. The summed E-state index contributed by atoms with van der Waals surface area (Å²) in [6, 6.07) is 11.0. The molecule has 0 spiro atoms. The fourth-order valence-electron chi connectivity index (χ4n) is 6.71. The quantitative estimate of drug-likeness (QED) is 0.331. The normalized spacial score (nSPS) is 18.7. The highest BCUT2D eigenvalue weighted by Crippen LogP contribution is 2.32. The summed E-state index contributed by atoms with van der Waals surface area (Å²) >= 11 is 0. The van der Waals surface area contributed by atoms with Gasteiger partial charge in [-0.05, 0) is 81.7 Å². The van der Waals surface area contributed by atoms with Crippen molar-refractivity contribution in [1.29, 1.82) is 0 Å². The molecule has 1 aromatic carbocycles. The van der Waals surface area contributed by atoms with Gasteiger partial charge in [0.15, 0.2) is 11.5 Å². The largest absolute Gasteiger partial charge is 0.369 e. The van der Waals surface area contributed by atoms with E-state index < -0.39 is 0 Å². The third kappa shape index (κ3) is 4.78. The van der Waals surface area contributed by atoms with Crippen LogP contribution in [0.1, 0.15) is 31.2 Å². The Morgan fingerprint density at radius 2 is 1.60 bits per heavy atom. The summed E-state index contributed by atoms with van der Waals surface area (Å²) in [6.45, 7) is 9.50. The van der Waals surface area contributed by atoms with Crippen molar-refractivity contribution in [3.8, 4) is 22.6 Å². The molecule has 7 heterocycles. The minimum absolute atomic E-state index is 0.781. The van der Waals surface area contributed by atoms with Crippen molar-refractivity contribution < 1.29 is 0 Å². The van der Waals surface area contributed by atoms with Gasteiger partial charge in [-0.1, -0.05) is 0 Å². The van der Waals surface area contributed by atoms with E-state index in [1.165, 1.54) is 50.0 Å². The maximum absolute atomic E-state index is 5.13. The second-order valence-electron chi connectivity index (χ2n) is 12.1. The van der Waals surface area contributed by atoms with E-state index in [4.69, 9.17) is 15.1 Å². The lowest BCUT2D eigenvalue weighted by atomic mass is 10.1. The number of rotatable bonds is 6. The molecule has 3 aliphatic rings. The zero-order valence-corrected chi connectivity index (χ0v) is 24.3. The van der Waals surface area contributed by atoms with Crippen molar-refractivity contribution in [2.45, 2.75) is 32.2 Å². The average molecular weight is 563 g/mol. The summed E-state index contributed by atoms with van der Waals surface area (Å²) in [4.78, 5) is 27.6. The molecule has 10 heteroatoms. The number of benzene rings is 1. The molecule has 0 amide bonds. The first-order chi connectivity index (χ1) is 20.7. The molecule has 216 valence electrons. The number of likely N-dealkylation sites (tertiary alicyclic amines) is 1. The Bertz CT molecular complexity index is 1720. The van der Waals surface area contributed by atoms with Crippen molar-refractivity contribution in [2.75, 3.05) is 69.3 Å². The second-order valence-corrected chi connectivity index (χ2v) is 12.1. The Balaban J connectivity index is 1.18. The molecule has 0 bridgehead atoms. The Morgan fingerprint density at radius 3 is 2.43 bits per heavy atom. The Morgan fingerprint density at radius 1 is 0.810 bits per heavy atom. The van der Waals surface area contributed by atoms with E-state index in [9.17, 15) is 0 Å². The van der Waals surface area contributed by atoms with Crippen molar-refractivity contribution in [3.63, 3.8) is 0 Å². The summed E-state index contributed by atoms with van der Waals surface area (Å²) in [5, 5.41) is 8.43. The summed E-state index contributed by atoms with van der Waals surface area (Å²) in [6.07, 6.45) is 10.8. The van der Waals surface area contributed by atoms with E-state index in [0.717, 1.165) is 90.5 Å². The van der Waals surface area contributed by atoms with Gasteiger partial charge in [0, 0.05) is 81.2 Å². The monoisotopic (exact) mass is 562 g/mol. The molecule has 3 aliphatic heterocycles. The van der Waals surface area contributed by atoms with Crippen molar-refractivity contribution >= 4 is 27.8 Å². The fraction of sp³-hybridized carbons (Fsp3) is 0.438. The number of nitrogens with one attached hydrogen (secondary N) is 1. The van der Waals surface area contributed by atoms with Crippen LogP contribution in [-0.4, -0.2) is 99.0 Å². The average Bonchev–Trinajstić information content (AvgIpc) is 3.83. The van der Waals surface area contributed by atoms with Gasteiger partial charge in [-0.25, -0.2) is 9.97 Å². The van der Waals surface area contributed by atoms with E-state index >= 15 is 0 Å². The van der Waals surface area contributed by atoms with Gasteiger partial charge in [0.25, 0.3) is 0 Å². The number of hydrogen-bond acceptors (Lipinski definition) is 8. The number of likely N-dealkylation sites (N-methyl/N-ethyl adjacent to an activating group) is 1. The number of anilines is 1. The number of nitrogens with zero attached hydrogens (tertiary/aromatic N) is 9. The van der Waals surface area contributed by atoms with E-state index in [1.807, 2.05) is 23.4 Å². The lowest BCUT2D eigenvalue weighted by Crippen LogP contribution is -2.44. The van der Waals surface area contributed by atoms with Gasteiger partial charge >= 0.3 is 0 Å². The van der Waals surface area contributed by atoms with E-state index in [1.54, 1.807) is 0 Å². The molecule has 8 rings (SSSR count). The minimum Gasteiger partial charge on any atom is -0.369 e. The van der Waals surface area contributed by atoms with Crippen LogP contribution >= 0.6 is 0 Å². The molecular formula is C32H38N10. The van der Waals surface area contributed by atoms with Gasteiger partial charge < -0.3 is 14.8 Å². The number of hydrogen-bond donors (Lipinski definition) is 1. The smallest absolute Gasteiger partial charge is 0.181 e. The highest BCUT2D eigenvalue weighted by atomic mass is 15.7.